The van der Waals surface area contributed by atoms with Crippen molar-refractivity contribution in [3.8, 4) is 0 Å². The number of nitrogens with zero attached hydrogens (tertiary/aromatic N) is 2. The fourth-order valence-electron chi connectivity index (χ4n) is 2.20. The zero-order valence-electron chi connectivity index (χ0n) is 13.2. The van der Waals surface area contributed by atoms with Crippen LogP contribution < -0.4 is 10.9 Å². The fourth-order valence-corrected chi connectivity index (χ4v) is 2.80. The molecule has 7 heteroatoms. The van der Waals surface area contributed by atoms with Gasteiger partial charge in [0.1, 0.15) is 0 Å². The summed E-state index contributed by atoms with van der Waals surface area (Å²) >= 11 is 1.56. The standard InChI is InChI=1S/C15H20N4O2S/c1-9-5-10(2)17-14(20)13(9)6-16-15(21)19(4)7-12-8-22-11(3)18-12/h5,8H,6-7H2,1-4H3,(H,16,21)(H,17,20). The van der Waals surface area contributed by atoms with Crippen molar-refractivity contribution in [1.29, 1.82) is 0 Å². The monoisotopic (exact) mass is 320 g/mol. The molecule has 118 valence electrons. The number of rotatable bonds is 4. The van der Waals surface area contributed by atoms with Crippen LogP contribution in [0.25, 0.3) is 0 Å². The molecule has 0 aliphatic rings. The first kappa shape index (κ1) is 16.2. The number of thiazole rings is 1. The largest absolute Gasteiger partial charge is 0.334 e. The first-order valence-corrected chi connectivity index (χ1v) is 7.84. The van der Waals surface area contributed by atoms with E-state index in [-0.39, 0.29) is 18.1 Å². The highest BCUT2D eigenvalue weighted by atomic mass is 32.1. The minimum absolute atomic E-state index is 0.157. The number of hydrogen-bond acceptors (Lipinski definition) is 4. The van der Waals surface area contributed by atoms with E-state index < -0.39 is 0 Å². The van der Waals surface area contributed by atoms with Gasteiger partial charge >= 0.3 is 6.03 Å². The number of aryl methyl sites for hydroxylation is 3. The summed E-state index contributed by atoms with van der Waals surface area (Å²) in [5.74, 6) is 0. The van der Waals surface area contributed by atoms with Gasteiger partial charge in [0.15, 0.2) is 0 Å². The van der Waals surface area contributed by atoms with Crippen molar-refractivity contribution in [2.24, 2.45) is 0 Å². The van der Waals surface area contributed by atoms with Crippen LogP contribution in [0.15, 0.2) is 16.2 Å². The van der Waals surface area contributed by atoms with Crippen molar-refractivity contribution in [2.75, 3.05) is 7.05 Å². The number of nitrogens with one attached hydrogen (secondary N) is 2. The number of H-pyrrole nitrogens is 1. The molecule has 0 fully saturated rings. The Morgan fingerprint density at radius 2 is 2.14 bits per heavy atom. The average molecular weight is 320 g/mol. The van der Waals surface area contributed by atoms with Crippen molar-refractivity contribution >= 4 is 17.4 Å². The summed E-state index contributed by atoms with van der Waals surface area (Å²) in [6.07, 6.45) is 0. The lowest BCUT2D eigenvalue weighted by molar-refractivity contribution is 0.206. The summed E-state index contributed by atoms with van der Waals surface area (Å²) in [6.45, 7) is 6.28. The molecule has 2 aromatic rings. The van der Waals surface area contributed by atoms with Crippen LogP contribution in [0.1, 0.15) is 27.5 Å². The number of carbonyl (C=O) groups excluding carboxylic acids is 1. The Morgan fingerprint density at radius 1 is 1.41 bits per heavy atom. The molecule has 0 atom stereocenters. The van der Waals surface area contributed by atoms with Gasteiger partial charge in [0, 0.05) is 23.7 Å². The Hall–Kier alpha value is -2.15. The summed E-state index contributed by atoms with van der Waals surface area (Å²) in [6, 6.07) is 1.66. The van der Waals surface area contributed by atoms with Crippen LogP contribution in [0.3, 0.4) is 0 Å². The van der Waals surface area contributed by atoms with Gasteiger partial charge in [0.05, 0.1) is 23.8 Å². The van der Waals surface area contributed by atoms with E-state index in [1.54, 1.807) is 23.3 Å². The second-order valence-corrected chi connectivity index (χ2v) is 6.38. The lowest BCUT2D eigenvalue weighted by Gasteiger charge is -2.17. The van der Waals surface area contributed by atoms with Crippen LogP contribution in [0, 0.1) is 20.8 Å². The highest BCUT2D eigenvalue weighted by Crippen LogP contribution is 2.10. The maximum Gasteiger partial charge on any atom is 0.317 e. The lowest BCUT2D eigenvalue weighted by Crippen LogP contribution is -2.37. The Balaban J connectivity index is 1.96. The van der Waals surface area contributed by atoms with Gasteiger partial charge < -0.3 is 15.2 Å². The van der Waals surface area contributed by atoms with E-state index in [9.17, 15) is 9.59 Å². The fraction of sp³-hybridized carbons (Fsp3) is 0.400. The van der Waals surface area contributed by atoms with E-state index in [0.29, 0.717) is 12.1 Å². The van der Waals surface area contributed by atoms with Crippen molar-refractivity contribution in [3.63, 3.8) is 0 Å². The highest BCUT2D eigenvalue weighted by Gasteiger charge is 2.12. The molecular weight excluding hydrogens is 300 g/mol. The molecule has 2 amide bonds. The topological polar surface area (TPSA) is 78.1 Å². The maximum absolute atomic E-state index is 12.1. The summed E-state index contributed by atoms with van der Waals surface area (Å²) in [4.78, 5) is 32.6. The Morgan fingerprint density at radius 3 is 2.73 bits per heavy atom. The minimum atomic E-state index is -0.231. The molecule has 0 spiro atoms. The molecule has 0 saturated heterocycles. The average Bonchev–Trinajstić information content (AvgIpc) is 2.82. The summed E-state index contributed by atoms with van der Waals surface area (Å²) in [5.41, 5.74) is 2.98. The molecule has 0 unspecified atom stereocenters. The molecule has 6 nitrogen and oxygen atoms in total. The normalized spacial score (nSPS) is 10.5. The SMILES string of the molecule is Cc1cc(C)c(CNC(=O)N(C)Cc2csc(C)n2)c(=O)[nH]1. The minimum Gasteiger partial charge on any atom is -0.334 e. The van der Waals surface area contributed by atoms with Gasteiger partial charge in [-0.05, 0) is 32.4 Å². The third-order valence-electron chi connectivity index (χ3n) is 3.32. The number of aromatic nitrogens is 2. The number of pyridine rings is 1. The van der Waals surface area contributed by atoms with E-state index in [4.69, 9.17) is 0 Å². The summed E-state index contributed by atoms with van der Waals surface area (Å²) in [7, 11) is 1.70. The van der Waals surface area contributed by atoms with Gasteiger partial charge in [-0.25, -0.2) is 9.78 Å². The van der Waals surface area contributed by atoms with Crippen LogP contribution in [0.5, 0.6) is 0 Å². The summed E-state index contributed by atoms with van der Waals surface area (Å²) in [5, 5.41) is 5.69. The zero-order chi connectivity index (χ0) is 16.3. The molecule has 22 heavy (non-hydrogen) atoms. The maximum atomic E-state index is 12.1. The number of urea groups is 1. The molecule has 0 bridgehead atoms. The Bertz CT molecular complexity index is 735. The Kier molecular flexibility index (Phi) is 4.97. The molecular formula is C15H20N4O2S. The van der Waals surface area contributed by atoms with Gasteiger partial charge in [-0.2, -0.15) is 0 Å². The molecule has 2 heterocycles. The van der Waals surface area contributed by atoms with Crippen molar-refractivity contribution in [1.82, 2.24) is 20.2 Å². The molecule has 0 radical (unpaired) electrons. The second kappa shape index (κ2) is 6.74. The van der Waals surface area contributed by atoms with E-state index in [1.165, 1.54) is 0 Å². The van der Waals surface area contributed by atoms with E-state index in [2.05, 4.69) is 15.3 Å². The van der Waals surface area contributed by atoms with Crippen LogP contribution in [-0.2, 0) is 13.1 Å². The summed E-state index contributed by atoms with van der Waals surface area (Å²) < 4.78 is 0. The first-order valence-electron chi connectivity index (χ1n) is 6.96. The van der Waals surface area contributed by atoms with Crippen LogP contribution >= 0.6 is 11.3 Å². The third-order valence-corrected chi connectivity index (χ3v) is 4.14. The molecule has 2 N–H and O–H groups in total. The van der Waals surface area contributed by atoms with E-state index in [1.807, 2.05) is 32.2 Å². The lowest BCUT2D eigenvalue weighted by atomic mass is 10.1. The molecule has 0 aromatic carbocycles. The smallest absolute Gasteiger partial charge is 0.317 e. The van der Waals surface area contributed by atoms with Gasteiger partial charge in [-0.3, -0.25) is 4.79 Å². The number of amides is 2. The van der Waals surface area contributed by atoms with E-state index in [0.717, 1.165) is 22.0 Å². The van der Waals surface area contributed by atoms with Gasteiger partial charge in [0.25, 0.3) is 5.56 Å². The Labute approximate surface area is 133 Å². The van der Waals surface area contributed by atoms with Crippen LogP contribution in [-0.4, -0.2) is 27.9 Å². The van der Waals surface area contributed by atoms with Gasteiger partial charge in [-0.15, -0.1) is 11.3 Å². The van der Waals surface area contributed by atoms with Crippen molar-refractivity contribution in [2.45, 2.75) is 33.9 Å². The van der Waals surface area contributed by atoms with E-state index >= 15 is 0 Å². The number of aromatic amines is 1. The number of carbonyl (C=O) groups is 1. The second-order valence-electron chi connectivity index (χ2n) is 5.32. The predicted octanol–water partition coefficient (Wildman–Crippen LogP) is 2.10. The molecule has 2 rings (SSSR count). The quantitative estimate of drug-likeness (QED) is 0.905. The van der Waals surface area contributed by atoms with Crippen LogP contribution in [0.2, 0.25) is 0 Å². The van der Waals surface area contributed by atoms with Crippen molar-refractivity contribution in [3.05, 3.63) is 49.3 Å². The van der Waals surface area contributed by atoms with Gasteiger partial charge in [0.2, 0.25) is 0 Å². The third kappa shape index (κ3) is 3.94. The highest BCUT2D eigenvalue weighted by molar-refractivity contribution is 7.09. The number of hydrogen-bond donors (Lipinski definition) is 2. The molecule has 0 saturated carbocycles. The molecule has 2 aromatic heterocycles. The van der Waals surface area contributed by atoms with Gasteiger partial charge in [-0.1, -0.05) is 0 Å². The molecule has 0 aliphatic heterocycles. The molecule has 0 aliphatic carbocycles. The van der Waals surface area contributed by atoms with Crippen molar-refractivity contribution < 1.29 is 4.79 Å². The predicted molar refractivity (Wildman–Crippen MR) is 87.1 cm³/mol. The van der Waals surface area contributed by atoms with Crippen LogP contribution in [0.4, 0.5) is 4.79 Å². The first-order chi connectivity index (χ1) is 10.4. The zero-order valence-corrected chi connectivity index (χ0v) is 14.0.